The van der Waals surface area contributed by atoms with E-state index in [2.05, 4.69) is 0 Å². The lowest BCUT2D eigenvalue weighted by atomic mass is 9.91. The van der Waals surface area contributed by atoms with E-state index in [1.807, 2.05) is 28.1 Å². The molecule has 0 spiro atoms. The second-order valence-electron chi connectivity index (χ2n) is 6.39. The van der Waals surface area contributed by atoms with Crippen molar-refractivity contribution in [3.63, 3.8) is 0 Å². The van der Waals surface area contributed by atoms with E-state index in [0.717, 1.165) is 12.8 Å². The van der Waals surface area contributed by atoms with Crippen molar-refractivity contribution in [2.75, 3.05) is 27.7 Å². The summed E-state index contributed by atoms with van der Waals surface area (Å²) in [5.41, 5.74) is 0. The number of quaternary nitrogens is 1. The van der Waals surface area contributed by atoms with Gasteiger partial charge in [0.1, 0.15) is 6.54 Å². The fraction of sp³-hybridized carbons (Fsp3) is 1.00. The number of rotatable bonds is 4. The van der Waals surface area contributed by atoms with E-state index in [9.17, 15) is 19.5 Å². The molecule has 5 nitrogen and oxygen atoms in total. The molecule has 0 aromatic heterocycles. The molecule has 1 rings (SSSR count). The van der Waals surface area contributed by atoms with Gasteiger partial charge in [0.2, 0.25) is 5.34 Å². The summed E-state index contributed by atoms with van der Waals surface area (Å²) in [6.07, 6.45) is 2.57. The lowest BCUT2D eigenvalue weighted by molar-refractivity contribution is -0.875. The Hall–Kier alpha value is 0.0700. The van der Waals surface area contributed by atoms with Crippen molar-refractivity contribution in [2.24, 2.45) is 11.8 Å². The van der Waals surface area contributed by atoms with Gasteiger partial charge in [-0.05, 0) is 12.3 Å². The van der Waals surface area contributed by atoms with Crippen molar-refractivity contribution in [3.05, 3.63) is 0 Å². The van der Waals surface area contributed by atoms with Gasteiger partial charge in [0.05, 0.1) is 21.1 Å². The van der Waals surface area contributed by atoms with Crippen LogP contribution in [0.5, 0.6) is 0 Å². The minimum absolute atomic E-state index is 0.0757. The highest BCUT2D eigenvalue weighted by atomic mass is 31.2. The zero-order valence-electron chi connectivity index (χ0n) is 11.1. The topological polar surface area (TPSA) is 77.8 Å². The lowest BCUT2D eigenvalue weighted by Gasteiger charge is -2.40. The Labute approximate surface area is 103 Å². The van der Waals surface area contributed by atoms with Crippen LogP contribution in [0.25, 0.3) is 0 Å². The van der Waals surface area contributed by atoms with Gasteiger partial charge in [-0.25, -0.2) is 0 Å². The Morgan fingerprint density at radius 2 is 1.82 bits per heavy atom. The summed E-state index contributed by atoms with van der Waals surface area (Å²) in [7, 11) is 0.970. The second kappa shape index (κ2) is 4.63. The van der Waals surface area contributed by atoms with E-state index in [1.165, 1.54) is 0 Å². The summed E-state index contributed by atoms with van der Waals surface area (Å²) in [4.78, 5) is 19.1. The molecule has 1 fully saturated rings. The highest BCUT2D eigenvalue weighted by molar-refractivity contribution is 7.53. The van der Waals surface area contributed by atoms with Crippen molar-refractivity contribution in [3.8, 4) is 0 Å². The molecular formula is C11H25NO4P+. The number of nitrogens with zero attached hydrogens (tertiary/aromatic N) is 1. The largest absolute Gasteiger partial charge is 0.373 e. The fourth-order valence-electron chi connectivity index (χ4n) is 2.96. The van der Waals surface area contributed by atoms with Crippen molar-refractivity contribution in [1.82, 2.24) is 0 Å². The maximum absolute atomic E-state index is 11.7. The molecule has 1 aliphatic carbocycles. The van der Waals surface area contributed by atoms with E-state index < -0.39 is 12.9 Å². The van der Waals surface area contributed by atoms with Gasteiger partial charge in [-0.15, -0.1) is 0 Å². The fourth-order valence-corrected chi connectivity index (χ4v) is 4.38. The molecule has 3 atom stereocenters. The normalized spacial score (nSPS) is 30.3. The number of hydrogen-bond donors (Lipinski definition) is 3. The lowest BCUT2D eigenvalue weighted by Crippen LogP contribution is -2.53. The van der Waals surface area contributed by atoms with Crippen LogP contribution in [0.2, 0.25) is 0 Å². The Bertz CT molecular complexity index is 322. The van der Waals surface area contributed by atoms with Crippen LogP contribution in [0.15, 0.2) is 0 Å². The van der Waals surface area contributed by atoms with Gasteiger partial charge >= 0.3 is 7.60 Å². The smallest absolute Gasteiger partial charge is 0.363 e. The summed E-state index contributed by atoms with van der Waals surface area (Å²) in [5, 5.41) is 8.69. The third-order valence-corrected chi connectivity index (χ3v) is 5.15. The first kappa shape index (κ1) is 15.1. The van der Waals surface area contributed by atoms with Crippen molar-refractivity contribution in [1.29, 1.82) is 0 Å². The summed E-state index contributed by atoms with van der Waals surface area (Å²) in [5.74, 6) is -0.139. The highest BCUT2D eigenvalue weighted by Gasteiger charge is 2.57. The molecule has 0 saturated heterocycles. The molecule has 0 aromatic carbocycles. The molecule has 102 valence electrons. The molecule has 1 saturated carbocycles. The minimum atomic E-state index is -4.53. The molecular weight excluding hydrogens is 241 g/mol. The molecule has 1 aliphatic rings. The molecule has 0 aromatic rings. The molecule has 17 heavy (non-hydrogen) atoms. The average molecular weight is 266 g/mol. The van der Waals surface area contributed by atoms with Gasteiger partial charge in [-0.3, -0.25) is 4.57 Å². The number of aliphatic hydroxyl groups is 1. The van der Waals surface area contributed by atoms with Gasteiger partial charge in [-0.1, -0.05) is 19.8 Å². The average Bonchev–Trinajstić information content (AvgIpc) is 2.46. The van der Waals surface area contributed by atoms with E-state index in [4.69, 9.17) is 0 Å². The molecule has 1 unspecified atom stereocenters. The Morgan fingerprint density at radius 3 is 2.12 bits per heavy atom. The van der Waals surface area contributed by atoms with Crippen LogP contribution in [0.4, 0.5) is 0 Å². The van der Waals surface area contributed by atoms with Crippen molar-refractivity contribution < 1.29 is 23.9 Å². The molecule has 6 heteroatoms. The first-order chi connectivity index (χ1) is 7.47. The van der Waals surface area contributed by atoms with Crippen LogP contribution in [-0.2, 0) is 4.57 Å². The van der Waals surface area contributed by atoms with Gasteiger partial charge in [0.25, 0.3) is 0 Å². The summed E-state index contributed by atoms with van der Waals surface area (Å²) < 4.78 is 12.0. The van der Waals surface area contributed by atoms with Crippen molar-refractivity contribution >= 4 is 7.60 Å². The zero-order chi connectivity index (χ0) is 13.5. The highest BCUT2D eigenvalue weighted by Crippen LogP contribution is 2.58. The Balaban J connectivity index is 3.06. The standard InChI is InChI=1S/C11H24NO4P/c1-9-6-5-7-10(9)11(13,17(14,15)16)8-12(2,3)4/h9-10,13H,5-8H2,1-4H3,(H-,14,15,16)/p+1/t9-,10+,11?/m1/s1. The number of likely N-dealkylation sites (N-methyl/N-ethyl adjacent to an activating group) is 1. The quantitative estimate of drug-likeness (QED) is 0.524. The van der Waals surface area contributed by atoms with E-state index in [-0.39, 0.29) is 18.4 Å². The molecule has 0 amide bonds. The van der Waals surface area contributed by atoms with Crippen molar-refractivity contribution in [2.45, 2.75) is 31.5 Å². The third-order valence-electron chi connectivity index (χ3n) is 3.67. The summed E-state index contributed by atoms with van der Waals surface area (Å²) in [6.45, 7) is 2.04. The summed E-state index contributed by atoms with van der Waals surface area (Å²) >= 11 is 0. The summed E-state index contributed by atoms with van der Waals surface area (Å²) in [6, 6.07) is 0. The van der Waals surface area contributed by atoms with Crippen LogP contribution in [0.3, 0.4) is 0 Å². The molecule has 0 heterocycles. The van der Waals surface area contributed by atoms with E-state index in [1.54, 1.807) is 0 Å². The maximum atomic E-state index is 11.7. The maximum Gasteiger partial charge on any atom is 0.363 e. The zero-order valence-corrected chi connectivity index (χ0v) is 12.0. The van der Waals surface area contributed by atoms with Crippen LogP contribution in [0, 0.1) is 11.8 Å². The third kappa shape index (κ3) is 3.30. The Kier molecular flexibility index (Phi) is 4.12. The first-order valence-corrected chi connectivity index (χ1v) is 7.67. The van der Waals surface area contributed by atoms with Gasteiger partial charge < -0.3 is 19.4 Å². The van der Waals surface area contributed by atoms with E-state index in [0.29, 0.717) is 10.9 Å². The van der Waals surface area contributed by atoms with Gasteiger partial charge in [0.15, 0.2) is 0 Å². The predicted molar refractivity (Wildman–Crippen MR) is 66.4 cm³/mol. The van der Waals surface area contributed by atoms with Gasteiger partial charge in [0, 0.05) is 5.92 Å². The van der Waals surface area contributed by atoms with Crippen LogP contribution < -0.4 is 0 Å². The monoisotopic (exact) mass is 266 g/mol. The van der Waals surface area contributed by atoms with Crippen LogP contribution in [0.1, 0.15) is 26.2 Å². The van der Waals surface area contributed by atoms with Crippen LogP contribution in [-0.4, -0.2) is 52.4 Å². The predicted octanol–water partition coefficient (Wildman–Crippen LogP) is 0.995. The molecule has 0 radical (unpaired) electrons. The second-order valence-corrected chi connectivity index (χ2v) is 8.25. The van der Waals surface area contributed by atoms with E-state index >= 15 is 0 Å². The number of hydrogen-bond acceptors (Lipinski definition) is 2. The molecule has 0 aliphatic heterocycles. The minimum Gasteiger partial charge on any atom is -0.373 e. The van der Waals surface area contributed by atoms with Crippen LogP contribution >= 0.6 is 7.60 Å². The molecule has 3 N–H and O–H groups in total. The molecule has 0 bridgehead atoms. The SMILES string of the molecule is C[C@@H]1CCC[C@@H]1C(O)(C[N+](C)(C)C)P(=O)(O)O. The van der Waals surface area contributed by atoms with Gasteiger partial charge in [-0.2, -0.15) is 0 Å². The Morgan fingerprint density at radius 1 is 1.29 bits per heavy atom. The first-order valence-electron chi connectivity index (χ1n) is 6.06.